The van der Waals surface area contributed by atoms with Gasteiger partial charge in [-0.25, -0.2) is 4.79 Å². The molecule has 0 amide bonds. The molecule has 1 unspecified atom stereocenters. The Morgan fingerprint density at radius 2 is 1.81 bits per heavy atom. The standard InChI is InChI=1S/C18H15NO2/c20-17-10-15-14-8-4-5-9-16(14)19-12-18(15,21-17)11-13-6-2-1-3-7-13/h1-10,19H,11-12H2. The smallest absolute Gasteiger partial charge is 0.332 e. The van der Waals surface area contributed by atoms with Gasteiger partial charge in [0.2, 0.25) is 0 Å². The van der Waals surface area contributed by atoms with Crippen molar-refractivity contribution in [3.8, 4) is 0 Å². The van der Waals surface area contributed by atoms with Crippen LogP contribution < -0.4 is 5.32 Å². The predicted molar refractivity (Wildman–Crippen MR) is 81.9 cm³/mol. The van der Waals surface area contributed by atoms with Crippen LogP contribution in [0, 0.1) is 0 Å². The fraction of sp³-hybridized carbons (Fsp3) is 0.167. The van der Waals surface area contributed by atoms with E-state index in [1.807, 2.05) is 42.5 Å². The number of carbonyl (C=O) groups is 1. The summed E-state index contributed by atoms with van der Waals surface area (Å²) in [6.07, 6.45) is 2.33. The molecule has 2 aliphatic heterocycles. The lowest BCUT2D eigenvalue weighted by Gasteiger charge is -2.36. The van der Waals surface area contributed by atoms with Gasteiger partial charge in [0.15, 0.2) is 5.60 Å². The van der Waals surface area contributed by atoms with E-state index in [1.165, 1.54) is 5.56 Å². The van der Waals surface area contributed by atoms with Crippen molar-refractivity contribution in [3.05, 3.63) is 71.8 Å². The number of carbonyl (C=O) groups excluding carboxylic acids is 1. The lowest BCUT2D eigenvalue weighted by atomic mass is 9.80. The molecule has 4 rings (SSSR count). The Hall–Kier alpha value is -2.55. The molecule has 2 heterocycles. The highest BCUT2D eigenvalue weighted by Crippen LogP contribution is 2.44. The summed E-state index contributed by atoms with van der Waals surface area (Å²) in [5.74, 6) is -0.251. The Kier molecular flexibility index (Phi) is 2.61. The van der Waals surface area contributed by atoms with Gasteiger partial charge in [-0.2, -0.15) is 0 Å². The average Bonchev–Trinajstić information content (AvgIpc) is 2.85. The minimum atomic E-state index is -0.590. The van der Waals surface area contributed by atoms with Crippen LogP contribution in [0.1, 0.15) is 11.1 Å². The van der Waals surface area contributed by atoms with Crippen LogP contribution in [0.4, 0.5) is 5.69 Å². The monoisotopic (exact) mass is 277 g/mol. The topological polar surface area (TPSA) is 38.3 Å². The van der Waals surface area contributed by atoms with E-state index in [4.69, 9.17) is 4.74 Å². The van der Waals surface area contributed by atoms with Crippen LogP contribution >= 0.6 is 0 Å². The van der Waals surface area contributed by atoms with E-state index in [2.05, 4.69) is 17.4 Å². The zero-order valence-electron chi connectivity index (χ0n) is 11.5. The first-order valence-electron chi connectivity index (χ1n) is 7.09. The van der Waals surface area contributed by atoms with Crippen molar-refractivity contribution in [1.82, 2.24) is 0 Å². The number of para-hydroxylation sites is 1. The van der Waals surface area contributed by atoms with Gasteiger partial charge in [-0.3, -0.25) is 0 Å². The predicted octanol–water partition coefficient (Wildman–Crippen LogP) is 3.03. The van der Waals surface area contributed by atoms with E-state index >= 15 is 0 Å². The van der Waals surface area contributed by atoms with Crippen molar-refractivity contribution in [3.63, 3.8) is 0 Å². The average molecular weight is 277 g/mol. The zero-order chi connectivity index (χ0) is 14.3. The number of benzene rings is 2. The van der Waals surface area contributed by atoms with Gasteiger partial charge in [0, 0.05) is 29.3 Å². The van der Waals surface area contributed by atoms with Gasteiger partial charge in [-0.05, 0) is 11.6 Å². The molecule has 2 aliphatic rings. The van der Waals surface area contributed by atoms with Crippen LogP contribution in [0.3, 0.4) is 0 Å². The van der Waals surface area contributed by atoms with Gasteiger partial charge >= 0.3 is 5.97 Å². The number of ether oxygens (including phenoxy) is 1. The SMILES string of the molecule is O=C1C=C2c3ccccc3NCC2(Cc2ccccc2)O1. The second-order valence-electron chi connectivity index (χ2n) is 5.53. The molecule has 0 aliphatic carbocycles. The molecular formula is C18H15NO2. The Morgan fingerprint density at radius 1 is 1.05 bits per heavy atom. The van der Waals surface area contributed by atoms with Crippen molar-refractivity contribution < 1.29 is 9.53 Å². The van der Waals surface area contributed by atoms with Crippen LogP contribution in [0.25, 0.3) is 5.57 Å². The van der Waals surface area contributed by atoms with Crippen molar-refractivity contribution in [2.24, 2.45) is 0 Å². The number of fused-ring (bicyclic) bond motifs is 3. The Bertz CT molecular complexity index is 736. The van der Waals surface area contributed by atoms with Gasteiger partial charge in [-0.1, -0.05) is 48.5 Å². The second-order valence-corrected chi connectivity index (χ2v) is 5.53. The molecule has 21 heavy (non-hydrogen) atoms. The normalized spacial score (nSPS) is 22.7. The molecule has 2 aromatic carbocycles. The molecule has 3 heteroatoms. The third-order valence-electron chi connectivity index (χ3n) is 4.16. The molecule has 0 saturated heterocycles. The lowest BCUT2D eigenvalue weighted by Crippen LogP contribution is -2.44. The molecule has 3 nitrogen and oxygen atoms in total. The lowest BCUT2D eigenvalue weighted by molar-refractivity contribution is -0.144. The minimum Gasteiger partial charge on any atom is -0.449 e. The molecule has 1 atom stereocenters. The first kappa shape index (κ1) is 12.2. The van der Waals surface area contributed by atoms with Crippen LogP contribution in [-0.2, 0) is 16.0 Å². The zero-order valence-corrected chi connectivity index (χ0v) is 11.5. The van der Waals surface area contributed by atoms with E-state index in [1.54, 1.807) is 6.08 Å². The van der Waals surface area contributed by atoms with E-state index in [-0.39, 0.29) is 5.97 Å². The second kappa shape index (κ2) is 4.48. The molecule has 0 radical (unpaired) electrons. The summed E-state index contributed by atoms with van der Waals surface area (Å²) in [4.78, 5) is 11.9. The number of rotatable bonds is 2. The summed E-state index contributed by atoms with van der Waals surface area (Å²) in [7, 11) is 0. The highest BCUT2D eigenvalue weighted by atomic mass is 16.6. The molecule has 0 bridgehead atoms. The Labute approximate surface area is 123 Å². The molecule has 0 aromatic heterocycles. The molecule has 104 valence electrons. The maximum atomic E-state index is 11.9. The Morgan fingerprint density at radius 3 is 2.67 bits per heavy atom. The number of nitrogens with one attached hydrogen (secondary N) is 1. The van der Waals surface area contributed by atoms with Crippen LogP contribution in [0.2, 0.25) is 0 Å². The molecule has 1 N–H and O–H groups in total. The highest BCUT2D eigenvalue weighted by Gasteiger charge is 2.46. The fourth-order valence-corrected chi connectivity index (χ4v) is 3.21. The highest BCUT2D eigenvalue weighted by molar-refractivity contribution is 6.02. The largest absolute Gasteiger partial charge is 0.449 e. The van der Waals surface area contributed by atoms with Gasteiger partial charge in [0.1, 0.15) is 0 Å². The van der Waals surface area contributed by atoms with Crippen molar-refractivity contribution >= 4 is 17.2 Å². The van der Waals surface area contributed by atoms with E-state index < -0.39 is 5.60 Å². The number of hydrogen-bond acceptors (Lipinski definition) is 3. The van der Waals surface area contributed by atoms with Crippen molar-refractivity contribution in [2.75, 3.05) is 11.9 Å². The quantitative estimate of drug-likeness (QED) is 0.857. The summed E-state index contributed by atoms with van der Waals surface area (Å²) < 4.78 is 5.72. The van der Waals surface area contributed by atoms with Crippen LogP contribution in [-0.4, -0.2) is 18.1 Å². The van der Waals surface area contributed by atoms with Gasteiger partial charge in [0.05, 0.1) is 6.54 Å². The molecule has 2 aromatic rings. The summed E-state index contributed by atoms with van der Waals surface area (Å²) >= 11 is 0. The summed E-state index contributed by atoms with van der Waals surface area (Å²) in [5, 5.41) is 3.40. The first-order chi connectivity index (χ1) is 10.3. The summed E-state index contributed by atoms with van der Waals surface area (Å²) in [6, 6.07) is 18.2. The minimum absolute atomic E-state index is 0.251. The van der Waals surface area contributed by atoms with Gasteiger partial charge in [-0.15, -0.1) is 0 Å². The van der Waals surface area contributed by atoms with E-state index in [0.717, 1.165) is 16.8 Å². The van der Waals surface area contributed by atoms with Crippen molar-refractivity contribution in [2.45, 2.75) is 12.0 Å². The van der Waals surface area contributed by atoms with Gasteiger partial charge < -0.3 is 10.1 Å². The third kappa shape index (κ3) is 1.93. The number of hydrogen-bond donors (Lipinski definition) is 1. The molecule has 0 saturated carbocycles. The van der Waals surface area contributed by atoms with Gasteiger partial charge in [0.25, 0.3) is 0 Å². The van der Waals surface area contributed by atoms with Crippen molar-refractivity contribution in [1.29, 1.82) is 0 Å². The maximum absolute atomic E-state index is 11.9. The van der Waals surface area contributed by atoms with Crippen LogP contribution in [0.5, 0.6) is 0 Å². The molecular weight excluding hydrogens is 262 g/mol. The number of esters is 1. The first-order valence-corrected chi connectivity index (χ1v) is 7.09. The maximum Gasteiger partial charge on any atom is 0.332 e. The summed E-state index contributed by atoms with van der Waals surface area (Å²) in [6.45, 7) is 0.608. The molecule has 0 spiro atoms. The third-order valence-corrected chi connectivity index (χ3v) is 4.16. The molecule has 0 fully saturated rings. The summed E-state index contributed by atoms with van der Waals surface area (Å²) in [5.41, 5.74) is 3.69. The number of anilines is 1. The Balaban J connectivity index is 1.79. The van der Waals surface area contributed by atoms with E-state index in [0.29, 0.717) is 13.0 Å². The van der Waals surface area contributed by atoms with E-state index in [9.17, 15) is 4.79 Å². The van der Waals surface area contributed by atoms with Crippen LogP contribution in [0.15, 0.2) is 60.7 Å². The fourth-order valence-electron chi connectivity index (χ4n) is 3.21.